The summed E-state index contributed by atoms with van der Waals surface area (Å²) in [5, 5.41) is 6.17. The fourth-order valence-electron chi connectivity index (χ4n) is 3.45. The number of amides is 2. The number of carbonyl (C=O) groups is 1. The van der Waals surface area contributed by atoms with Gasteiger partial charge >= 0.3 is 12.0 Å². The van der Waals surface area contributed by atoms with Crippen LogP contribution >= 0.6 is 11.3 Å². The second kappa shape index (κ2) is 11.2. The molecule has 0 unspecified atom stereocenters. The Morgan fingerprint density at radius 2 is 2.06 bits per heavy atom. The van der Waals surface area contributed by atoms with Gasteiger partial charge in [-0.3, -0.25) is 10.3 Å². The van der Waals surface area contributed by atoms with Crippen molar-refractivity contribution in [2.24, 2.45) is 5.92 Å². The number of anilines is 3. The number of hydrogen-bond donors (Lipinski definition) is 2. The third-order valence-electron chi connectivity index (χ3n) is 5.32. The Bertz CT molecular complexity index is 1150. The van der Waals surface area contributed by atoms with E-state index in [4.69, 9.17) is 14.2 Å². The summed E-state index contributed by atoms with van der Waals surface area (Å²) in [6.45, 7) is 6.17. The van der Waals surface area contributed by atoms with Crippen LogP contribution in [0.3, 0.4) is 0 Å². The maximum absolute atomic E-state index is 12.7. The zero-order valence-electron chi connectivity index (χ0n) is 20.2. The van der Waals surface area contributed by atoms with Crippen LogP contribution in [0.15, 0.2) is 24.5 Å². The smallest absolute Gasteiger partial charge is 0.325 e. The van der Waals surface area contributed by atoms with Crippen LogP contribution in [0.1, 0.15) is 30.8 Å². The number of thiazole rings is 1. The summed E-state index contributed by atoms with van der Waals surface area (Å²) in [5.41, 5.74) is 1.47. The summed E-state index contributed by atoms with van der Waals surface area (Å²) in [6.07, 6.45) is 4.85. The van der Waals surface area contributed by atoms with Crippen molar-refractivity contribution < 1.29 is 19.0 Å². The van der Waals surface area contributed by atoms with Crippen molar-refractivity contribution >= 4 is 34.0 Å². The molecule has 35 heavy (non-hydrogen) atoms. The van der Waals surface area contributed by atoms with E-state index in [1.807, 2.05) is 0 Å². The fourth-order valence-corrected chi connectivity index (χ4v) is 4.47. The maximum atomic E-state index is 12.7. The molecule has 0 aromatic carbocycles. The molecule has 4 heterocycles. The van der Waals surface area contributed by atoms with E-state index in [1.165, 1.54) is 18.4 Å². The Hall–Kier alpha value is -3.67. The van der Waals surface area contributed by atoms with Gasteiger partial charge in [0.05, 0.1) is 39.3 Å². The van der Waals surface area contributed by atoms with Crippen molar-refractivity contribution in [2.45, 2.75) is 33.2 Å². The molecule has 11 nitrogen and oxygen atoms in total. The van der Waals surface area contributed by atoms with Gasteiger partial charge < -0.3 is 24.4 Å². The summed E-state index contributed by atoms with van der Waals surface area (Å²) in [4.78, 5) is 33.1. The number of pyridine rings is 1. The van der Waals surface area contributed by atoms with Gasteiger partial charge in [0.15, 0.2) is 5.13 Å². The topological polar surface area (TPSA) is 124 Å². The van der Waals surface area contributed by atoms with Crippen LogP contribution in [0.25, 0.3) is 0 Å². The van der Waals surface area contributed by atoms with Gasteiger partial charge in [0.25, 0.3) is 0 Å². The van der Waals surface area contributed by atoms with Crippen LogP contribution in [0, 0.1) is 5.92 Å². The molecule has 0 bridgehead atoms. The van der Waals surface area contributed by atoms with Crippen LogP contribution in [0.4, 0.5) is 21.4 Å². The lowest BCUT2D eigenvalue weighted by atomic mass is 10.1. The first-order valence-corrected chi connectivity index (χ1v) is 12.1. The minimum Gasteiger partial charge on any atom is -0.491 e. The Balaban J connectivity index is 1.40. The number of nitrogens with one attached hydrogen (secondary N) is 2. The molecule has 4 rings (SSSR count). The summed E-state index contributed by atoms with van der Waals surface area (Å²) < 4.78 is 16.3. The van der Waals surface area contributed by atoms with Gasteiger partial charge in [-0.15, -0.1) is 0 Å². The Labute approximate surface area is 207 Å². The second-order valence-corrected chi connectivity index (χ2v) is 9.38. The van der Waals surface area contributed by atoms with Crippen LogP contribution in [-0.2, 0) is 13.0 Å². The highest BCUT2D eigenvalue weighted by molar-refractivity contribution is 7.15. The highest BCUT2D eigenvalue weighted by Gasteiger charge is 2.24. The Morgan fingerprint density at radius 1 is 1.20 bits per heavy atom. The third-order valence-corrected chi connectivity index (χ3v) is 6.32. The van der Waals surface area contributed by atoms with E-state index in [-0.39, 0.29) is 6.01 Å². The van der Waals surface area contributed by atoms with Gasteiger partial charge in [-0.2, -0.15) is 9.97 Å². The zero-order valence-corrected chi connectivity index (χ0v) is 21.0. The third kappa shape index (κ3) is 6.27. The SMILES string of the molecule is COc1cc(N2CCc3nc(NC(=O)Nc4cnccc4OCCC(C)C)sc3C2)nc(OC)n1. The van der Waals surface area contributed by atoms with Crippen molar-refractivity contribution in [1.82, 2.24) is 19.9 Å². The number of fused-ring (bicyclic) bond motifs is 1. The molecule has 0 spiro atoms. The summed E-state index contributed by atoms with van der Waals surface area (Å²) in [6, 6.07) is 3.36. The number of urea groups is 1. The Kier molecular flexibility index (Phi) is 7.80. The molecule has 1 aliphatic heterocycles. The van der Waals surface area contributed by atoms with Gasteiger partial charge in [0.2, 0.25) is 5.88 Å². The van der Waals surface area contributed by atoms with Crippen molar-refractivity contribution in [1.29, 1.82) is 0 Å². The molecule has 2 amide bonds. The highest BCUT2D eigenvalue weighted by Crippen LogP contribution is 2.32. The lowest BCUT2D eigenvalue weighted by molar-refractivity contribution is 0.261. The quantitative estimate of drug-likeness (QED) is 0.450. The number of methoxy groups -OCH3 is 2. The van der Waals surface area contributed by atoms with Gasteiger partial charge in [-0.05, 0) is 12.3 Å². The van der Waals surface area contributed by atoms with E-state index in [0.717, 1.165) is 30.0 Å². The van der Waals surface area contributed by atoms with Crippen molar-refractivity contribution in [2.75, 3.05) is 42.9 Å². The lowest BCUT2D eigenvalue weighted by Crippen LogP contribution is -2.30. The number of carbonyl (C=O) groups excluding carboxylic acids is 1. The average molecular weight is 500 g/mol. The molecule has 2 N–H and O–H groups in total. The maximum Gasteiger partial charge on any atom is 0.325 e. The normalized spacial score (nSPS) is 12.8. The number of rotatable bonds is 9. The van der Waals surface area contributed by atoms with Gasteiger partial charge in [0.1, 0.15) is 17.3 Å². The summed E-state index contributed by atoms with van der Waals surface area (Å²) >= 11 is 1.44. The van der Waals surface area contributed by atoms with Crippen LogP contribution in [0.2, 0.25) is 0 Å². The second-order valence-electron chi connectivity index (χ2n) is 8.30. The van der Waals surface area contributed by atoms with Crippen molar-refractivity contribution in [3.05, 3.63) is 35.1 Å². The van der Waals surface area contributed by atoms with Crippen LogP contribution < -0.4 is 29.7 Å². The van der Waals surface area contributed by atoms with Gasteiger partial charge in [-0.1, -0.05) is 25.2 Å². The largest absolute Gasteiger partial charge is 0.491 e. The standard InChI is InChI=1S/C23H29N7O4S/c1-14(2)7-10-34-17-5-8-24-12-16(17)25-21(31)29-23-26-15-6-9-30(13-18(15)35-23)19-11-20(32-3)28-22(27-19)33-4/h5,8,11-12,14H,6-7,9-10,13H2,1-4H3,(H2,25,26,29,31). The molecular formula is C23H29N7O4S. The van der Waals surface area contributed by atoms with Crippen molar-refractivity contribution in [3.63, 3.8) is 0 Å². The van der Waals surface area contributed by atoms with E-state index in [2.05, 4.69) is 49.3 Å². The number of ether oxygens (including phenoxy) is 3. The predicted octanol–water partition coefficient (Wildman–Crippen LogP) is 3.98. The zero-order chi connectivity index (χ0) is 24.8. The van der Waals surface area contributed by atoms with Crippen LogP contribution in [0.5, 0.6) is 17.6 Å². The highest BCUT2D eigenvalue weighted by atomic mass is 32.1. The molecule has 0 saturated heterocycles. The lowest BCUT2D eigenvalue weighted by Gasteiger charge is -2.27. The molecule has 1 aliphatic rings. The first-order valence-electron chi connectivity index (χ1n) is 11.3. The van der Waals surface area contributed by atoms with E-state index < -0.39 is 6.03 Å². The minimum atomic E-state index is -0.403. The number of aromatic nitrogens is 4. The van der Waals surface area contributed by atoms with Crippen molar-refractivity contribution in [3.8, 4) is 17.6 Å². The average Bonchev–Trinajstić information content (AvgIpc) is 3.25. The van der Waals surface area contributed by atoms with E-state index in [1.54, 1.807) is 31.6 Å². The Morgan fingerprint density at radius 3 is 2.83 bits per heavy atom. The molecule has 0 atom stereocenters. The predicted molar refractivity (Wildman–Crippen MR) is 134 cm³/mol. The first-order chi connectivity index (χ1) is 16.9. The molecule has 0 radical (unpaired) electrons. The van der Waals surface area contributed by atoms with E-state index in [0.29, 0.717) is 47.3 Å². The first kappa shape index (κ1) is 24.5. The minimum absolute atomic E-state index is 0.247. The molecule has 3 aromatic heterocycles. The molecule has 186 valence electrons. The molecule has 3 aromatic rings. The number of hydrogen-bond acceptors (Lipinski definition) is 10. The van der Waals surface area contributed by atoms with E-state index >= 15 is 0 Å². The molecular weight excluding hydrogens is 470 g/mol. The van der Waals surface area contributed by atoms with Crippen LogP contribution in [-0.4, -0.2) is 53.3 Å². The molecule has 12 heteroatoms. The summed E-state index contributed by atoms with van der Waals surface area (Å²) in [5.74, 6) is 2.26. The number of nitrogens with zero attached hydrogens (tertiary/aromatic N) is 5. The molecule has 0 fully saturated rings. The van der Waals surface area contributed by atoms with Gasteiger partial charge in [-0.25, -0.2) is 9.78 Å². The summed E-state index contributed by atoms with van der Waals surface area (Å²) in [7, 11) is 3.07. The molecule has 0 aliphatic carbocycles. The van der Waals surface area contributed by atoms with Gasteiger partial charge in [0, 0.05) is 36.2 Å². The molecule has 0 saturated carbocycles. The fraction of sp³-hybridized carbons (Fsp3) is 0.435. The monoisotopic (exact) mass is 499 g/mol. The van der Waals surface area contributed by atoms with E-state index in [9.17, 15) is 4.79 Å².